The van der Waals surface area contributed by atoms with E-state index in [0.29, 0.717) is 6.42 Å². The van der Waals surface area contributed by atoms with E-state index in [1.807, 2.05) is 6.92 Å². The van der Waals surface area contributed by atoms with Gasteiger partial charge in [0.05, 0.1) is 15.4 Å². The van der Waals surface area contributed by atoms with Gasteiger partial charge in [-0.15, -0.1) is 0 Å². The molecule has 0 saturated heterocycles. The Morgan fingerprint density at radius 2 is 1.76 bits per heavy atom. The number of hydrogen-bond donors (Lipinski definition) is 0. The maximum atomic E-state index is 11.2. The predicted molar refractivity (Wildman–Crippen MR) is 63.2 cm³/mol. The zero-order valence-electron chi connectivity index (χ0n) is 11.3. The molecule has 0 spiro atoms. The molecule has 1 rings (SSSR count). The number of rotatable bonds is 4. The van der Waals surface area contributed by atoms with E-state index in [2.05, 4.69) is 18.7 Å². The van der Waals surface area contributed by atoms with Gasteiger partial charge in [-0.1, -0.05) is 20.8 Å². The molecule has 0 aromatic rings. The maximum Gasteiger partial charge on any atom is 1.00 e. The molecule has 0 aromatic carbocycles. The van der Waals surface area contributed by atoms with Gasteiger partial charge in [0.2, 0.25) is 0 Å². The molecule has 3 unspecified atom stereocenters. The van der Waals surface area contributed by atoms with Crippen molar-refractivity contribution in [3.05, 3.63) is 0 Å². The van der Waals surface area contributed by atoms with E-state index in [0.717, 1.165) is 25.9 Å². The molecule has 17 heavy (non-hydrogen) atoms. The van der Waals surface area contributed by atoms with E-state index >= 15 is 0 Å². The smallest absolute Gasteiger partial charge is 0.748 e. The summed E-state index contributed by atoms with van der Waals surface area (Å²) in [5, 5.41) is -0.688. The molecule has 1 aliphatic carbocycles. The molecule has 0 heterocycles. The fourth-order valence-electron chi connectivity index (χ4n) is 2.73. The summed E-state index contributed by atoms with van der Waals surface area (Å²) < 4.78 is 33.5. The van der Waals surface area contributed by atoms with Gasteiger partial charge in [-0.2, -0.15) is 0 Å². The van der Waals surface area contributed by atoms with Crippen molar-refractivity contribution in [1.29, 1.82) is 0 Å². The Kier molecular flexibility index (Phi) is 7.84. The van der Waals surface area contributed by atoms with Crippen molar-refractivity contribution in [2.45, 2.75) is 51.3 Å². The van der Waals surface area contributed by atoms with E-state index in [9.17, 15) is 13.0 Å². The molecular formula is C11H22NNaO3S. The first-order valence-corrected chi connectivity index (χ1v) is 7.56. The van der Waals surface area contributed by atoms with Crippen molar-refractivity contribution < 1.29 is 42.5 Å². The summed E-state index contributed by atoms with van der Waals surface area (Å²) in [5.74, 6) is 0.00862. The van der Waals surface area contributed by atoms with Crippen LogP contribution in [0.15, 0.2) is 0 Å². The van der Waals surface area contributed by atoms with Crippen molar-refractivity contribution in [2.75, 3.05) is 13.1 Å². The van der Waals surface area contributed by atoms with Crippen LogP contribution in [0.3, 0.4) is 0 Å². The molecule has 0 aromatic heterocycles. The first-order valence-electron chi connectivity index (χ1n) is 6.08. The third-order valence-electron chi connectivity index (χ3n) is 3.79. The molecule has 4 nitrogen and oxygen atoms in total. The Balaban J connectivity index is 0.00000256. The Morgan fingerprint density at radius 3 is 2.18 bits per heavy atom. The van der Waals surface area contributed by atoms with Crippen molar-refractivity contribution in [3.63, 3.8) is 0 Å². The van der Waals surface area contributed by atoms with Crippen molar-refractivity contribution in [3.8, 4) is 0 Å². The molecule has 1 aliphatic rings. The summed E-state index contributed by atoms with van der Waals surface area (Å²) in [7, 11) is -4.13. The summed E-state index contributed by atoms with van der Waals surface area (Å²) in [4.78, 5) is 2.25. The van der Waals surface area contributed by atoms with E-state index in [-0.39, 0.29) is 41.5 Å². The standard InChI is InChI=1S/C11H23NO3S.Na/c1-4-12(5-2)10-7-6-9(3)11(8-10)16(13,14)15;/h9-11H,4-8H2,1-3H3,(H,13,14,15);/q;+1/p-1. The average molecular weight is 271 g/mol. The van der Waals surface area contributed by atoms with Crippen LogP contribution in [-0.2, 0) is 10.1 Å². The number of nitrogens with zero attached hydrogens (tertiary/aromatic N) is 1. The molecule has 0 N–H and O–H groups in total. The zero-order valence-corrected chi connectivity index (χ0v) is 14.2. The van der Waals surface area contributed by atoms with Crippen LogP contribution >= 0.6 is 0 Å². The third-order valence-corrected chi connectivity index (χ3v) is 5.19. The summed E-state index contributed by atoms with van der Waals surface area (Å²) >= 11 is 0. The monoisotopic (exact) mass is 271 g/mol. The van der Waals surface area contributed by atoms with Crippen molar-refractivity contribution in [2.24, 2.45) is 5.92 Å². The normalized spacial score (nSPS) is 30.1. The van der Waals surface area contributed by atoms with E-state index in [1.54, 1.807) is 0 Å². The summed E-state index contributed by atoms with van der Waals surface area (Å²) in [6, 6.07) is 0.264. The van der Waals surface area contributed by atoms with Crippen LogP contribution in [0.25, 0.3) is 0 Å². The Morgan fingerprint density at radius 1 is 1.24 bits per heavy atom. The first kappa shape index (κ1) is 17.9. The van der Waals surface area contributed by atoms with Crippen molar-refractivity contribution >= 4 is 10.1 Å². The second-order valence-corrected chi connectivity index (χ2v) is 6.29. The second kappa shape index (κ2) is 7.46. The van der Waals surface area contributed by atoms with Gasteiger partial charge in [0, 0.05) is 6.04 Å². The van der Waals surface area contributed by atoms with Gasteiger partial charge in [-0.25, -0.2) is 8.42 Å². The summed E-state index contributed by atoms with van der Waals surface area (Å²) in [6.45, 7) is 7.85. The van der Waals surface area contributed by atoms with Crippen LogP contribution in [0.2, 0.25) is 0 Å². The quantitative estimate of drug-likeness (QED) is 0.458. The predicted octanol–water partition coefficient (Wildman–Crippen LogP) is -1.57. The Hall–Kier alpha value is 0.870. The molecule has 0 bridgehead atoms. The number of hydrogen-bond acceptors (Lipinski definition) is 4. The average Bonchev–Trinajstić information content (AvgIpc) is 2.20. The molecule has 6 heteroatoms. The molecule has 1 saturated carbocycles. The SMILES string of the molecule is CCN(CC)C1CCC(C)C(S(=O)(=O)[O-])C1.[Na+]. The van der Waals surface area contributed by atoms with Gasteiger partial charge in [-0.3, -0.25) is 0 Å². The summed E-state index contributed by atoms with van der Waals surface area (Å²) in [6.07, 6.45) is 2.36. The van der Waals surface area contributed by atoms with Gasteiger partial charge in [-0.05, 0) is 38.3 Å². The largest absolute Gasteiger partial charge is 1.00 e. The fraction of sp³-hybridized carbons (Fsp3) is 1.00. The zero-order chi connectivity index (χ0) is 12.3. The van der Waals surface area contributed by atoms with Crippen LogP contribution in [-0.4, -0.2) is 42.3 Å². The third kappa shape index (κ3) is 4.80. The van der Waals surface area contributed by atoms with E-state index in [1.165, 1.54) is 0 Å². The minimum absolute atomic E-state index is 0. The Bertz CT molecular complexity index is 317. The molecule has 3 atom stereocenters. The molecular weight excluding hydrogens is 249 g/mol. The first-order chi connectivity index (χ1) is 7.40. The van der Waals surface area contributed by atoms with Gasteiger partial charge in [0.25, 0.3) is 0 Å². The van der Waals surface area contributed by atoms with Gasteiger partial charge < -0.3 is 9.45 Å². The molecule has 0 aliphatic heterocycles. The molecule has 0 radical (unpaired) electrons. The van der Waals surface area contributed by atoms with Crippen LogP contribution in [0, 0.1) is 5.92 Å². The van der Waals surface area contributed by atoms with Gasteiger partial charge in [0.1, 0.15) is 0 Å². The summed E-state index contributed by atoms with van der Waals surface area (Å²) in [5.41, 5.74) is 0. The van der Waals surface area contributed by atoms with Crippen LogP contribution in [0.5, 0.6) is 0 Å². The van der Waals surface area contributed by atoms with Crippen LogP contribution < -0.4 is 29.6 Å². The maximum absolute atomic E-state index is 11.2. The molecule has 1 fully saturated rings. The van der Waals surface area contributed by atoms with Crippen molar-refractivity contribution in [1.82, 2.24) is 4.90 Å². The van der Waals surface area contributed by atoms with Crippen LogP contribution in [0.1, 0.15) is 40.0 Å². The molecule has 0 amide bonds. The minimum atomic E-state index is -4.13. The van der Waals surface area contributed by atoms with Gasteiger partial charge in [0.15, 0.2) is 0 Å². The molecule has 96 valence electrons. The van der Waals surface area contributed by atoms with E-state index < -0.39 is 15.4 Å². The van der Waals surface area contributed by atoms with Crippen LogP contribution in [0.4, 0.5) is 0 Å². The topological polar surface area (TPSA) is 60.4 Å². The van der Waals surface area contributed by atoms with Gasteiger partial charge >= 0.3 is 29.6 Å². The Labute approximate surface area is 127 Å². The van der Waals surface area contributed by atoms with E-state index in [4.69, 9.17) is 0 Å². The minimum Gasteiger partial charge on any atom is -0.748 e. The fourth-order valence-corrected chi connectivity index (χ4v) is 3.90. The second-order valence-electron chi connectivity index (χ2n) is 4.70.